The number of halogens is 2. The molecule has 0 aliphatic heterocycles. The first-order chi connectivity index (χ1) is 12.0. The molecule has 1 fully saturated rings. The Morgan fingerprint density at radius 1 is 0.960 bits per heavy atom. The van der Waals surface area contributed by atoms with Gasteiger partial charge in [-0.1, -0.05) is 59.6 Å². The average Bonchev–Trinajstić information content (AvgIpc) is 2.54. The maximum atomic E-state index is 12.6. The molecular weight excluding hydrogens is 361 g/mol. The van der Waals surface area contributed by atoms with Crippen molar-refractivity contribution in [3.05, 3.63) is 69.7 Å². The monoisotopic (exact) mass is 377 g/mol. The van der Waals surface area contributed by atoms with E-state index in [0.29, 0.717) is 22.9 Å². The van der Waals surface area contributed by atoms with Crippen molar-refractivity contribution in [3.8, 4) is 0 Å². The second-order valence-electron chi connectivity index (χ2n) is 6.15. The highest BCUT2D eigenvalue weighted by Gasteiger charge is 2.42. The van der Waals surface area contributed by atoms with Gasteiger partial charge in [0.25, 0.3) is 0 Å². The first-order valence-corrected chi connectivity index (χ1v) is 8.76. The zero-order chi connectivity index (χ0) is 18.0. The molecule has 3 unspecified atom stereocenters. The Bertz CT molecular complexity index is 795. The zero-order valence-electron chi connectivity index (χ0n) is 13.3. The molecule has 1 amide bonds. The maximum absolute atomic E-state index is 12.6. The summed E-state index contributed by atoms with van der Waals surface area (Å²) in [4.78, 5) is 23.8. The lowest BCUT2D eigenvalue weighted by Crippen LogP contribution is -2.45. The van der Waals surface area contributed by atoms with Crippen LogP contribution in [-0.4, -0.2) is 17.0 Å². The van der Waals surface area contributed by atoms with Gasteiger partial charge in [-0.2, -0.15) is 0 Å². The third-order valence-corrected chi connectivity index (χ3v) is 5.36. The van der Waals surface area contributed by atoms with Crippen LogP contribution in [0.25, 0.3) is 0 Å². The zero-order valence-corrected chi connectivity index (χ0v) is 14.8. The number of carbonyl (C=O) groups excluding carboxylic acids is 1. The lowest BCUT2D eigenvalue weighted by Gasteiger charge is -2.33. The Balaban J connectivity index is 1.88. The molecule has 1 aliphatic carbocycles. The molecule has 0 saturated heterocycles. The van der Waals surface area contributed by atoms with E-state index in [1.807, 2.05) is 36.4 Å². The summed E-state index contributed by atoms with van der Waals surface area (Å²) in [5.41, 5.74) is 1.68. The number of carbonyl (C=O) groups is 2. The number of amides is 1. The fourth-order valence-corrected chi connectivity index (χ4v) is 3.36. The second-order valence-corrected chi connectivity index (χ2v) is 6.97. The van der Waals surface area contributed by atoms with Crippen LogP contribution < -0.4 is 5.32 Å². The normalized spacial score (nSPS) is 20.4. The summed E-state index contributed by atoms with van der Waals surface area (Å²) in [6.45, 7) is 0. The number of aliphatic carboxylic acids is 1. The Kier molecular flexibility index (Phi) is 5.30. The van der Waals surface area contributed by atoms with Gasteiger partial charge >= 0.3 is 5.97 Å². The van der Waals surface area contributed by atoms with E-state index < -0.39 is 23.8 Å². The lowest BCUT2D eigenvalue weighted by atomic mass is 9.73. The molecule has 4 nitrogen and oxygen atoms in total. The highest BCUT2D eigenvalue weighted by Crippen LogP contribution is 2.36. The van der Waals surface area contributed by atoms with Crippen LogP contribution in [0.1, 0.15) is 30.0 Å². The van der Waals surface area contributed by atoms with E-state index in [2.05, 4.69) is 5.32 Å². The van der Waals surface area contributed by atoms with Gasteiger partial charge in [-0.3, -0.25) is 9.59 Å². The SMILES string of the molecule is O=C(O)C1CCC1C(=O)NC(c1ccccc1)c1ccc(Cl)c(Cl)c1. The molecule has 130 valence electrons. The Hall–Kier alpha value is -2.04. The summed E-state index contributed by atoms with van der Waals surface area (Å²) >= 11 is 12.1. The van der Waals surface area contributed by atoms with Crippen LogP contribution in [-0.2, 0) is 9.59 Å². The predicted molar refractivity (Wildman–Crippen MR) is 96.7 cm³/mol. The summed E-state index contributed by atoms with van der Waals surface area (Å²) in [5.74, 6) is -2.27. The molecule has 3 atom stereocenters. The molecule has 0 aromatic heterocycles. The van der Waals surface area contributed by atoms with Crippen molar-refractivity contribution >= 4 is 35.1 Å². The highest BCUT2D eigenvalue weighted by molar-refractivity contribution is 6.42. The van der Waals surface area contributed by atoms with Gasteiger partial charge in [0.1, 0.15) is 0 Å². The van der Waals surface area contributed by atoms with Gasteiger partial charge in [-0.05, 0) is 36.1 Å². The molecule has 0 bridgehead atoms. The van der Waals surface area contributed by atoms with Crippen molar-refractivity contribution < 1.29 is 14.7 Å². The van der Waals surface area contributed by atoms with Crippen molar-refractivity contribution in [2.75, 3.05) is 0 Å². The highest BCUT2D eigenvalue weighted by atomic mass is 35.5. The molecule has 0 heterocycles. The standard InChI is InChI=1S/C19H17Cl2NO3/c20-15-9-6-12(10-16(15)21)17(11-4-2-1-3-5-11)22-18(23)13-7-8-14(13)19(24)25/h1-6,9-10,13-14,17H,7-8H2,(H,22,23)(H,24,25). The van der Waals surface area contributed by atoms with Crippen LogP contribution in [0.3, 0.4) is 0 Å². The van der Waals surface area contributed by atoms with Gasteiger partial charge in [0.05, 0.1) is 27.9 Å². The van der Waals surface area contributed by atoms with Gasteiger partial charge in [-0.25, -0.2) is 0 Å². The number of nitrogens with one attached hydrogen (secondary N) is 1. The molecule has 2 aromatic carbocycles. The Morgan fingerprint density at radius 2 is 1.64 bits per heavy atom. The number of hydrogen-bond acceptors (Lipinski definition) is 2. The summed E-state index contributed by atoms with van der Waals surface area (Å²) in [6, 6.07) is 14.3. The minimum atomic E-state index is -0.919. The van der Waals surface area contributed by atoms with Crippen molar-refractivity contribution in [2.24, 2.45) is 11.8 Å². The molecule has 2 aromatic rings. The van der Waals surface area contributed by atoms with Crippen LogP contribution in [0.15, 0.2) is 48.5 Å². The number of benzene rings is 2. The van der Waals surface area contributed by atoms with Crippen LogP contribution in [0.4, 0.5) is 0 Å². The fourth-order valence-electron chi connectivity index (χ4n) is 3.06. The summed E-state index contributed by atoms with van der Waals surface area (Å²) in [7, 11) is 0. The smallest absolute Gasteiger partial charge is 0.307 e. The third-order valence-electron chi connectivity index (χ3n) is 4.62. The third kappa shape index (κ3) is 3.80. The predicted octanol–water partition coefficient (Wildman–Crippen LogP) is 4.31. The topological polar surface area (TPSA) is 66.4 Å². The first-order valence-electron chi connectivity index (χ1n) is 8.00. The Morgan fingerprint density at radius 3 is 2.20 bits per heavy atom. The fraction of sp³-hybridized carbons (Fsp3) is 0.263. The van der Waals surface area contributed by atoms with Crippen LogP contribution in [0.5, 0.6) is 0 Å². The number of carboxylic acid groups (broad SMARTS) is 1. The van der Waals surface area contributed by atoms with Gasteiger partial charge in [0.15, 0.2) is 0 Å². The quantitative estimate of drug-likeness (QED) is 0.815. The molecule has 3 rings (SSSR count). The minimum absolute atomic E-state index is 0.251. The van der Waals surface area contributed by atoms with E-state index in [0.717, 1.165) is 11.1 Å². The van der Waals surface area contributed by atoms with E-state index in [4.69, 9.17) is 23.2 Å². The van der Waals surface area contributed by atoms with Gasteiger partial charge in [0, 0.05) is 0 Å². The molecule has 2 N–H and O–H groups in total. The molecule has 0 radical (unpaired) electrons. The number of hydrogen-bond donors (Lipinski definition) is 2. The van der Waals surface area contributed by atoms with E-state index in [9.17, 15) is 14.7 Å². The lowest BCUT2D eigenvalue weighted by molar-refractivity contribution is -0.152. The van der Waals surface area contributed by atoms with Crippen molar-refractivity contribution in [2.45, 2.75) is 18.9 Å². The molecule has 1 aliphatic rings. The average molecular weight is 378 g/mol. The summed E-state index contributed by atoms with van der Waals surface area (Å²) < 4.78 is 0. The molecule has 6 heteroatoms. The van der Waals surface area contributed by atoms with Crippen molar-refractivity contribution in [1.82, 2.24) is 5.32 Å². The first kappa shape index (κ1) is 17.8. The maximum Gasteiger partial charge on any atom is 0.307 e. The van der Waals surface area contributed by atoms with Gasteiger partial charge in [0.2, 0.25) is 5.91 Å². The number of carboxylic acids is 1. The van der Waals surface area contributed by atoms with Crippen LogP contribution >= 0.6 is 23.2 Å². The van der Waals surface area contributed by atoms with Crippen LogP contribution in [0.2, 0.25) is 10.0 Å². The molecule has 1 saturated carbocycles. The van der Waals surface area contributed by atoms with Crippen molar-refractivity contribution in [1.29, 1.82) is 0 Å². The number of rotatable bonds is 5. The largest absolute Gasteiger partial charge is 0.481 e. The molecule has 0 spiro atoms. The Labute approximate surface area is 155 Å². The second kappa shape index (κ2) is 7.46. The molecular formula is C19H17Cl2NO3. The van der Waals surface area contributed by atoms with E-state index in [1.54, 1.807) is 12.1 Å². The van der Waals surface area contributed by atoms with E-state index in [-0.39, 0.29) is 5.91 Å². The van der Waals surface area contributed by atoms with E-state index >= 15 is 0 Å². The van der Waals surface area contributed by atoms with Gasteiger partial charge in [-0.15, -0.1) is 0 Å². The van der Waals surface area contributed by atoms with Crippen molar-refractivity contribution in [3.63, 3.8) is 0 Å². The van der Waals surface area contributed by atoms with E-state index in [1.165, 1.54) is 0 Å². The summed E-state index contributed by atoms with van der Waals surface area (Å²) in [5, 5.41) is 13.0. The molecule has 25 heavy (non-hydrogen) atoms. The summed E-state index contributed by atoms with van der Waals surface area (Å²) in [6.07, 6.45) is 1.13. The van der Waals surface area contributed by atoms with Gasteiger partial charge < -0.3 is 10.4 Å². The minimum Gasteiger partial charge on any atom is -0.481 e. The van der Waals surface area contributed by atoms with Crippen LogP contribution in [0, 0.1) is 11.8 Å².